The molecule has 1 unspecified atom stereocenters. The topological polar surface area (TPSA) is 71.1 Å². The van der Waals surface area contributed by atoms with Gasteiger partial charge in [0.15, 0.2) is 0 Å². The molecule has 3 N–H and O–H groups in total. The van der Waals surface area contributed by atoms with Crippen molar-refractivity contribution in [2.45, 2.75) is 38.9 Å². The van der Waals surface area contributed by atoms with Gasteiger partial charge in [0.1, 0.15) is 5.84 Å². The summed E-state index contributed by atoms with van der Waals surface area (Å²) >= 11 is 0. The van der Waals surface area contributed by atoms with Crippen LogP contribution in [0.3, 0.4) is 0 Å². The number of nitrogens with two attached hydrogens (primary N) is 1. The average Bonchev–Trinajstić information content (AvgIpc) is 2.11. The number of oxime groups is 1. The van der Waals surface area contributed by atoms with Crippen molar-refractivity contribution in [3.63, 3.8) is 0 Å². The molecule has 0 amide bonds. The molecule has 0 radical (unpaired) electrons. The number of hydrogen-bond donors (Lipinski definition) is 2. The molecule has 88 valence electrons. The number of amidine groups is 1. The van der Waals surface area contributed by atoms with E-state index in [0.29, 0.717) is 6.42 Å². The Kier molecular flexibility index (Phi) is 3.93. The van der Waals surface area contributed by atoms with Gasteiger partial charge in [0.25, 0.3) is 0 Å². The van der Waals surface area contributed by atoms with E-state index in [1.165, 1.54) is 0 Å². The van der Waals surface area contributed by atoms with Gasteiger partial charge >= 0.3 is 0 Å². The van der Waals surface area contributed by atoms with Crippen molar-refractivity contribution >= 4 is 5.84 Å². The highest BCUT2D eigenvalue weighted by molar-refractivity contribution is 5.79. The summed E-state index contributed by atoms with van der Waals surface area (Å²) in [6.45, 7) is 8.83. The predicted octanol–water partition coefficient (Wildman–Crippen LogP) is 0.622. The van der Waals surface area contributed by atoms with Gasteiger partial charge < -0.3 is 15.7 Å². The van der Waals surface area contributed by atoms with Gasteiger partial charge in [-0.05, 0) is 20.8 Å². The molecule has 0 aliphatic carbocycles. The lowest BCUT2D eigenvalue weighted by molar-refractivity contribution is -0.128. The Balaban J connectivity index is 2.42. The van der Waals surface area contributed by atoms with Crippen LogP contribution >= 0.6 is 0 Å². The van der Waals surface area contributed by atoms with E-state index < -0.39 is 0 Å². The zero-order chi connectivity index (χ0) is 11.5. The standard InChI is InChI=1S/C10H21N3O2/c1-8-6-13(5-4-9(11)12-14)7-10(2,3)15-8/h8,14H,4-7H2,1-3H3,(H2,11,12). The van der Waals surface area contributed by atoms with E-state index in [2.05, 4.69) is 30.8 Å². The first kappa shape index (κ1) is 12.3. The summed E-state index contributed by atoms with van der Waals surface area (Å²) in [6, 6.07) is 0. The Labute approximate surface area is 90.9 Å². The number of hydrogen-bond acceptors (Lipinski definition) is 4. The minimum absolute atomic E-state index is 0.108. The fraction of sp³-hybridized carbons (Fsp3) is 0.900. The molecule has 1 aliphatic heterocycles. The van der Waals surface area contributed by atoms with Gasteiger partial charge in [0.05, 0.1) is 11.7 Å². The first-order chi connectivity index (χ1) is 6.93. The molecule has 1 fully saturated rings. The second-order valence-electron chi connectivity index (χ2n) is 4.76. The molecule has 1 saturated heterocycles. The number of morpholine rings is 1. The fourth-order valence-electron chi connectivity index (χ4n) is 2.08. The minimum atomic E-state index is -0.108. The predicted molar refractivity (Wildman–Crippen MR) is 59.1 cm³/mol. The van der Waals surface area contributed by atoms with E-state index in [1.54, 1.807) is 0 Å². The van der Waals surface area contributed by atoms with Crippen LogP contribution in [0.5, 0.6) is 0 Å². The highest BCUT2D eigenvalue weighted by atomic mass is 16.5. The minimum Gasteiger partial charge on any atom is -0.409 e. The lowest BCUT2D eigenvalue weighted by Gasteiger charge is -2.41. The Hall–Kier alpha value is -0.810. The molecule has 0 aromatic heterocycles. The van der Waals surface area contributed by atoms with Crippen molar-refractivity contribution in [1.29, 1.82) is 0 Å². The van der Waals surface area contributed by atoms with Crippen LogP contribution in [0, 0.1) is 0 Å². The Morgan fingerprint density at radius 3 is 2.87 bits per heavy atom. The van der Waals surface area contributed by atoms with Gasteiger partial charge in [-0.1, -0.05) is 5.16 Å². The lowest BCUT2D eigenvalue weighted by Crippen LogP contribution is -2.52. The monoisotopic (exact) mass is 215 g/mol. The summed E-state index contributed by atoms with van der Waals surface area (Å²) in [5, 5.41) is 11.4. The van der Waals surface area contributed by atoms with E-state index in [0.717, 1.165) is 19.6 Å². The first-order valence-electron chi connectivity index (χ1n) is 5.29. The fourth-order valence-corrected chi connectivity index (χ4v) is 2.08. The third kappa shape index (κ3) is 4.05. The van der Waals surface area contributed by atoms with E-state index in [9.17, 15) is 0 Å². The number of rotatable bonds is 3. The molecule has 5 nitrogen and oxygen atoms in total. The van der Waals surface area contributed by atoms with Gasteiger partial charge in [-0.3, -0.25) is 4.90 Å². The molecule has 0 bridgehead atoms. The molecular weight excluding hydrogens is 194 g/mol. The highest BCUT2D eigenvalue weighted by Gasteiger charge is 2.30. The van der Waals surface area contributed by atoms with E-state index in [4.69, 9.17) is 15.7 Å². The smallest absolute Gasteiger partial charge is 0.140 e. The maximum atomic E-state index is 8.44. The molecule has 1 atom stereocenters. The molecule has 1 aliphatic rings. The third-order valence-electron chi connectivity index (χ3n) is 2.45. The first-order valence-corrected chi connectivity index (χ1v) is 5.29. The molecule has 0 spiro atoms. The second kappa shape index (κ2) is 4.81. The van der Waals surface area contributed by atoms with Crippen LogP contribution in [-0.2, 0) is 4.74 Å². The normalized spacial score (nSPS) is 27.9. The van der Waals surface area contributed by atoms with E-state index in [1.807, 2.05) is 0 Å². The lowest BCUT2D eigenvalue weighted by atomic mass is 10.1. The highest BCUT2D eigenvalue weighted by Crippen LogP contribution is 2.20. The largest absolute Gasteiger partial charge is 0.409 e. The van der Waals surface area contributed by atoms with Gasteiger partial charge in [0.2, 0.25) is 0 Å². The molecule has 1 rings (SSSR count). The Morgan fingerprint density at radius 2 is 2.33 bits per heavy atom. The quantitative estimate of drug-likeness (QED) is 0.313. The molecule has 15 heavy (non-hydrogen) atoms. The van der Waals surface area contributed by atoms with Crippen LogP contribution in [-0.4, -0.2) is 47.3 Å². The van der Waals surface area contributed by atoms with Gasteiger partial charge in [-0.15, -0.1) is 0 Å². The van der Waals surface area contributed by atoms with Crippen LogP contribution in [0.25, 0.3) is 0 Å². The Morgan fingerprint density at radius 1 is 1.67 bits per heavy atom. The number of ether oxygens (including phenoxy) is 1. The van der Waals surface area contributed by atoms with Crippen molar-refractivity contribution in [1.82, 2.24) is 4.90 Å². The molecule has 0 aromatic rings. The van der Waals surface area contributed by atoms with Crippen molar-refractivity contribution in [3.05, 3.63) is 0 Å². The van der Waals surface area contributed by atoms with Crippen LogP contribution in [0.1, 0.15) is 27.2 Å². The summed E-state index contributed by atoms with van der Waals surface area (Å²) in [5.41, 5.74) is 5.33. The molecule has 0 saturated carbocycles. The Bertz CT molecular complexity index is 241. The number of nitrogens with zero attached hydrogens (tertiary/aromatic N) is 2. The summed E-state index contributed by atoms with van der Waals surface area (Å²) in [4.78, 5) is 2.28. The zero-order valence-corrected chi connectivity index (χ0v) is 9.73. The zero-order valence-electron chi connectivity index (χ0n) is 9.73. The summed E-state index contributed by atoms with van der Waals surface area (Å²) in [6.07, 6.45) is 0.834. The third-order valence-corrected chi connectivity index (χ3v) is 2.45. The van der Waals surface area contributed by atoms with Crippen molar-refractivity contribution in [2.24, 2.45) is 10.9 Å². The molecule has 0 aromatic carbocycles. The summed E-state index contributed by atoms with van der Waals surface area (Å²) < 4.78 is 5.78. The van der Waals surface area contributed by atoms with Crippen molar-refractivity contribution < 1.29 is 9.94 Å². The summed E-state index contributed by atoms with van der Waals surface area (Å²) in [7, 11) is 0. The summed E-state index contributed by atoms with van der Waals surface area (Å²) in [5.74, 6) is 0.284. The van der Waals surface area contributed by atoms with E-state index >= 15 is 0 Å². The van der Waals surface area contributed by atoms with Crippen molar-refractivity contribution in [3.8, 4) is 0 Å². The van der Waals surface area contributed by atoms with Crippen LogP contribution in [0.4, 0.5) is 0 Å². The van der Waals surface area contributed by atoms with Crippen molar-refractivity contribution in [2.75, 3.05) is 19.6 Å². The maximum absolute atomic E-state index is 8.44. The maximum Gasteiger partial charge on any atom is 0.140 e. The van der Waals surface area contributed by atoms with Crippen LogP contribution < -0.4 is 5.73 Å². The SMILES string of the molecule is CC1CN(CCC(N)=NO)CC(C)(C)O1. The second-order valence-corrected chi connectivity index (χ2v) is 4.76. The molecular formula is C10H21N3O2. The van der Waals surface area contributed by atoms with E-state index in [-0.39, 0.29) is 17.5 Å². The molecule has 1 heterocycles. The van der Waals surface area contributed by atoms with Crippen LogP contribution in [0.2, 0.25) is 0 Å². The van der Waals surface area contributed by atoms with Crippen LogP contribution in [0.15, 0.2) is 5.16 Å². The van der Waals surface area contributed by atoms with Gasteiger partial charge in [-0.2, -0.15) is 0 Å². The molecule has 5 heteroatoms. The van der Waals surface area contributed by atoms with Gasteiger partial charge in [-0.25, -0.2) is 0 Å². The average molecular weight is 215 g/mol. The van der Waals surface area contributed by atoms with Gasteiger partial charge in [0, 0.05) is 26.1 Å².